The van der Waals surface area contributed by atoms with Gasteiger partial charge in [-0.25, -0.2) is 0 Å². The van der Waals surface area contributed by atoms with E-state index in [2.05, 4.69) is 19.2 Å². The van der Waals surface area contributed by atoms with Gasteiger partial charge in [0.25, 0.3) is 0 Å². The van der Waals surface area contributed by atoms with Crippen LogP contribution in [0.25, 0.3) is 0 Å². The zero-order chi connectivity index (χ0) is 15.7. The lowest BCUT2D eigenvalue weighted by atomic mass is 10.5. The fourth-order valence-electron chi connectivity index (χ4n) is 0.889. The Morgan fingerprint density at radius 3 is 1.42 bits per heavy atom. The molecule has 0 radical (unpaired) electrons. The Balaban J connectivity index is -0.000000219. The lowest BCUT2D eigenvalue weighted by Gasteiger charge is -2.13. The molecule has 0 rings (SSSR count). The molecule has 3 N–H and O–H groups in total. The normalized spacial score (nSPS) is 8.95. The minimum Gasteiger partial charge on any atom is -0.480 e. The molecule has 0 amide bonds. The van der Waals surface area contributed by atoms with E-state index in [1.807, 2.05) is 18.7 Å². The molecule has 116 valence electrons. The van der Waals surface area contributed by atoms with Crippen molar-refractivity contribution in [2.75, 3.05) is 38.6 Å². The molecule has 0 fully saturated rings. The summed E-state index contributed by atoms with van der Waals surface area (Å²) >= 11 is 4.74. The van der Waals surface area contributed by atoms with Crippen molar-refractivity contribution in [3.63, 3.8) is 0 Å². The lowest BCUT2D eigenvalue weighted by molar-refractivity contribution is -0.138. The van der Waals surface area contributed by atoms with Gasteiger partial charge in [0.1, 0.15) is 5.88 Å². The molecule has 0 bridgehead atoms. The number of alkyl halides is 1. The summed E-state index contributed by atoms with van der Waals surface area (Å²) in [5, 5.41) is 19.0. The lowest BCUT2D eigenvalue weighted by Crippen LogP contribution is -2.29. The molecule has 0 aromatic rings. The fourth-order valence-corrected chi connectivity index (χ4v) is 0.889. The van der Waals surface area contributed by atoms with E-state index in [-0.39, 0.29) is 12.4 Å². The van der Waals surface area contributed by atoms with Gasteiger partial charge in [0.2, 0.25) is 0 Å². The van der Waals surface area contributed by atoms with Crippen LogP contribution in [0.5, 0.6) is 0 Å². The van der Waals surface area contributed by atoms with E-state index in [0.717, 1.165) is 26.2 Å². The molecule has 0 aliphatic heterocycles. The maximum absolute atomic E-state index is 10.1. The molecule has 0 saturated carbocycles. The average molecular weight is 299 g/mol. The van der Waals surface area contributed by atoms with Gasteiger partial charge in [-0.3, -0.25) is 14.5 Å². The van der Waals surface area contributed by atoms with Crippen molar-refractivity contribution in [3.05, 3.63) is 0 Å². The van der Waals surface area contributed by atoms with Crippen LogP contribution in [0, 0.1) is 0 Å². The molecule has 0 aromatic carbocycles. The number of carboxylic acid groups (broad SMARTS) is 2. The zero-order valence-corrected chi connectivity index (χ0v) is 13.0. The van der Waals surface area contributed by atoms with Gasteiger partial charge in [0, 0.05) is 0 Å². The minimum atomic E-state index is -0.980. The van der Waals surface area contributed by atoms with Gasteiger partial charge in [-0.15, -0.1) is 11.6 Å². The summed E-state index contributed by atoms with van der Waals surface area (Å²) < 4.78 is 0. The van der Waals surface area contributed by atoms with Crippen LogP contribution in [-0.4, -0.2) is 65.7 Å². The highest BCUT2D eigenvalue weighted by Gasteiger charge is 2.02. The number of nitrogens with one attached hydrogen (secondary N) is 1. The van der Waals surface area contributed by atoms with Gasteiger partial charge < -0.3 is 15.5 Å². The summed E-state index contributed by atoms with van der Waals surface area (Å²) in [7, 11) is 0. The molecule has 0 aliphatic rings. The number of hydrogen-bond donors (Lipinski definition) is 3. The topological polar surface area (TPSA) is 89.9 Å². The van der Waals surface area contributed by atoms with Crippen LogP contribution in [0.1, 0.15) is 27.7 Å². The van der Waals surface area contributed by atoms with E-state index in [0.29, 0.717) is 0 Å². The average Bonchev–Trinajstić information content (AvgIpc) is 2.38. The van der Waals surface area contributed by atoms with Crippen molar-refractivity contribution < 1.29 is 19.8 Å². The first-order chi connectivity index (χ1) is 8.89. The Morgan fingerprint density at radius 2 is 1.37 bits per heavy atom. The highest BCUT2D eigenvalue weighted by molar-refractivity contribution is 6.26. The predicted octanol–water partition coefficient (Wildman–Crippen LogP) is 1.34. The van der Waals surface area contributed by atoms with Crippen molar-refractivity contribution in [2.24, 2.45) is 0 Å². The molecule has 7 heteroatoms. The number of aliphatic carboxylic acids is 2. The van der Waals surface area contributed by atoms with Crippen LogP contribution in [0.3, 0.4) is 0 Å². The van der Waals surface area contributed by atoms with Crippen LogP contribution < -0.4 is 5.32 Å². The molecule has 0 heterocycles. The van der Waals surface area contributed by atoms with E-state index < -0.39 is 11.9 Å². The third kappa shape index (κ3) is 31.7. The number of likely N-dealkylation sites (N-methyl/N-ethyl adjacent to an activating group) is 1. The Morgan fingerprint density at radius 1 is 1.00 bits per heavy atom. The van der Waals surface area contributed by atoms with E-state index in [9.17, 15) is 9.59 Å². The van der Waals surface area contributed by atoms with Gasteiger partial charge in [-0.1, -0.05) is 27.7 Å². The summed E-state index contributed by atoms with van der Waals surface area (Å²) in [5.74, 6) is -2.04. The first-order valence-electron chi connectivity index (χ1n) is 6.31. The Kier molecular flexibility index (Phi) is 23.9. The third-order valence-electron chi connectivity index (χ3n) is 1.87. The van der Waals surface area contributed by atoms with E-state index in [1.165, 1.54) is 0 Å². The quantitative estimate of drug-likeness (QED) is 0.615. The summed E-state index contributed by atoms with van der Waals surface area (Å²) in [5.41, 5.74) is 0. The standard InChI is InChI=1S/C6H13NO2.C4H11N.C2H3ClO2/c1-3-7(4-2)5-6(8)9;1-3-5-4-2;3-1-2(4)5/h3-5H2,1-2H3,(H,8,9);5H,3-4H2,1-2H3;1H2,(H,4,5). The predicted molar refractivity (Wildman–Crippen MR) is 78.0 cm³/mol. The Bertz CT molecular complexity index is 210. The molecule has 0 unspecified atom stereocenters. The van der Waals surface area contributed by atoms with Gasteiger partial charge in [-0.2, -0.15) is 0 Å². The maximum atomic E-state index is 10.1. The highest BCUT2D eigenvalue weighted by Crippen LogP contribution is 1.84. The second-order valence-corrected chi connectivity index (χ2v) is 3.61. The van der Waals surface area contributed by atoms with Crippen molar-refractivity contribution in [1.82, 2.24) is 10.2 Å². The zero-order valence-electron chi connectivity index (χ0n) is 12.3. The van der Waals surface area contributed by atoms with Crippen LogP contribution in [-0.2, 0) is 9.59 Å². The van der Waals surface area contributed by atoms with Crippen LogP contribution >= 0.6 is 11.6 Å². The second kappa shape index (κ2) is 19.5. The van der Waals surface area contributed by atoms with Gasteiger partial charge in [-0.05, 0) is 26.2 Å². The summed E-state index contributed by atoms with van der Waals surface area (Å²) in [4.78, 5) is 21.2. The van der Waals surface area contributed by atoms with E-state index in [4.69, 9.17) is 21.8 Å². The minimum absolute atomic E-state index is 0.160. The van der Waals surface area contributed by atoms with Gasteiger partial charge in [0.05, 0.1) is 6.54 Å². The SMILES string of the molecule is CCN(CC)CC(=O)O.CCNCC.O=C(O)CCl. The molecule has 0 aromatic heterocycles. The van der Waals surface area contributed by atoms with E-state index >= 15 is 0 Å². The number of halogens is 1. The number of carbonyl (C=O) groups is 2. The summed E-state index contributed by atoms with van der Waals surface area (Å²) in [6.45, 7) is 12.1. The first kappa shape index (κ1) is 23.3. The van der Waals surface area contributed by atoms with Gasteiger partial charge in [0.15, 0.2) is 0 Å². The summed E-state index contributed by atoms with van der Waals surface area (Å²) in [6, 6.07) is 0. The van der Waals surface area contributed by atoms with E-state index in [1.54, 1.807) is 0 Å². The molecule has 0 saturated heterocycles. The number of hydrogen-bond acceptors (Lipinski definition) is 4. The fraction of sp³-hybridized carbons (Fsp3) is 0.833. The molecular formula is C12H27ClN2O4. The smallest absolute Gasteiger partial charge is 0.318 e. The monoisotopic (exact) mass is 298 g/mol. The number of carboxylic acids is 2. The number of rotatable bonds is 7. The van der Waals surface area contributed by atoms with Crippen molar-refractivity contribution in [3.8, 4) is 0 Å². The van der Waals surface area contributed by atoms with Crippen molar-refractivity contribution >= 4 is 23.5 Å². The highest BCUT2D eigenvalue weighted by atomic mass is 35.5. The van der Waals surface area contributed by atoms with Crippen LogP contribution in [0.15, 0.2) is 0 Å². The molecule has 0 spiro atoms. The van der Waals surface area contributed by atoms with Crippen LogP contribution in [0.2, 0.25) is 0 Å². The summed E-state index contributed by atoms with van der Waals surface area (Å²) in [6.07, 6.45) is 0. The molecule has 0 aliphatic carbocycles. The van der Waals surface area contributed by atoms with Crippen molar-refractivity contribution in [1.29, 1.82) is 0 Å². The largest absolute Gasteiger partial charge is 0.480 e. The molecule has 0 atom stereocenters. The Hall–Kier alpha value is -0.850. The Labute approximate surface area is 120 Å². The third-order valence-corrected chi connectivity index (χ3v) is 2.10. The molecule has 19 heavy (non-hydrogen) atoms. The molecule has 6 nitrogen and oxygen atoms in total. The molecular weight excluding hydrogens is 272 g/mol. The first-order valence-corrected chi connectivity index (χ1v) is 6.85. The maximum Gasteiger partial charge on any atom is 0.318 e. The van der Waals surface area contributed by atoms with Crippen LogP contribution in [0.4, 0.5) is 0 Å². The van der Waals surface area contributed by atoms with Gasteiger partial charge >= 0.3 is 11.9 Å². The number of nitrogens with zero attached hydrogens (tertiary/aromatic N) is 1. The van der Waals surface area contributed by atoms with Crippen molar-refractivity contribution in [2.45, 2.75) is 27.7 Å². The second-order valence-electron chi connectivity index (χ2n) is 3.34.